The van der Waals surface area contributed by atoms with Gasteiger partial charge >= 0.3 is 0 Å². The fraction of sp³-hybridized carbons (Fsp3) is 0.400. The third-order valence-electron chi connectivity index (χ3n) is 5.07. The van der Waals surface area contributed by atoms with E-state index in [0.717, 1.165) is 10.6 Å². The van der Waals surface area contributed by atoms with Crippen molar-refractivity contribution < 1.29 is 9.67 Å². The summed E-state index contributed by atoms with van der Waals surface area (Å²) in [6.45, 7) is 10.8. The minimum atomic E-state index is -2.96. The highest BCUT2D eigenvalue weighted by Gasteiger charge is 2.46. The van der Waals surface area contributed by atoms with Crippen molar-refractivity contribution in [2.24, 2.45) is 0 Å². The highest BCUT2D eigenvalue weighted by molar-refractivity contribution is 7.79. The number of benzene rings is 2. The van der Waals surface area contributed by atoms with Crippen LogP contribution in [0.4, 0.5) is 0 Å². The van der Waals surface area contributed by atoms with Crippen molar-refractivity contribution in [3.8, 4) is 0 Å². The summed E-state index contributed by atoms with van der Waals surface area (Å²) in [5.41, 5.74) is -0.0438. The van der Waals surface area contributed by atoms with Crippen LogP contribution in [0.25, 0.3) is 0 Å². The molecule has 0 saturated heterocycles. The molecule has 3 atom stereocenters. The summed E-state index contributed by atoms with van der Waals surface area (Å²) in [7, 11) is -4.55. The van der Waals surface area contributed by atoms with Crippen LogP contribution in [0.2, 0.25) is 25.2 Å². The maximum absolute atomic E-state index is 14.5. The van der Waals surface area contributed by atoms with Gasteiger partial charge in [-0.15, -0.1) is 0 Å². The van der Waals surface area contributed by atoms with Crippen LogP contribution in [-0.4, -0.2) is 24.9 Å². The van der Waals surface area contributed by atoms with Crippen molar-refractivity contribution in [1.82, 2.24) is 0 Å². The lowest BCUT2D eigenvalue weighted by molar-refractivity contribution is 0.185. The molecule has 0 radical (unpaired) electrons. The van der Waals surface area contributed by atoms with E-state index in [2.05, 4.69) is 26.6 Å². The number of rotatable bonds is 6. The van der Waals surface area contributed by atoms with Gasteiger partial charge in [0, 0.05) is 24.3 Å². The van der Waals surface area contributed by atoms with E-state index < -0.39 is 21.3 Å². The van der Waals surface area contributed by atoms with Gasteiger partial charge in [-0.25, -0.2) is 0 Å². The van der Waals surface area contributed by atoms with Crippen LogP contribution >= 0.6 is 7.14 Å². The van der Waals surface area contributed by atoms with E-state index in [-0.39, 0.29) is 11.2 Å². The molecule has 0 saturated carbocycles. The predicted octanol–water partition coefficient (Wildman–Crippen LogP) is 4.48. The Hall–Kier alpha value is -1.15. The Morgan fingerprint density at radius 3 is 1.50 bits per heavy atom. The van der Waals surface area contributed by atoms with Crippen molar-refractivity contribution in [2.75, 3.05) is 0 Å². The van der Waals surface area contributed by atoms with Gasteiger partial charge in [0.1, 0.15) is 7.14 Å². The van der Waals surface area contributed by atoms with E-state index >= 15 is 0 Å². The minimum absolute atomic E-state index is 0.226. The van der Waals surface area contributed by atoms with Crippen molar-refractivity contribution in [1.29, 1.82) is 0 Å². The van der Waals surface area contributed by atoms with Gasteiger partial charge in [0.25, 0.3) is 0 Å². The monoisotopic (exact) mass is 360 g/mol. The molecule has 2 nitrogen and oxygen atoms in total. The molecule has 0 amide bonds. The molecule has 0 aromatic heterocycles. The summed E-state index contributed by atoms with van der Waals surface area (Å²) in [6.07, 6.45) is -0.627. The Morgan fingerprint density at radius 1 is 0.833 bits per heavy atom. The number of hydrogen-bond donors (Lipinski definition) is 1. The molecule has 2 aromatic carbocycles. The molecular weight excluding hydrogens is 331 g/mol. The molecule has 1 N–H and O–H groups in total. The van der Waals surface area contributed by atoms with Crippen LogP contribution in [0.1, 0.15) is 13.8 Å². The van der Waals surface area contributed by atoms with Crippen LogP contribution < -0.4 is 10.6 Å². The topological polar surface area (TPSA) is 37.3 Å². The second-order valence-electron chi connectivity index (χ2n) is 7.71. The van der Waals surface area contributed by atoms with Gasteiger partial charge in [0.15, 0.2) is 0 Å². The molecule has 24 heavy (non-hydrogen) atoms. The van der Waals surface area contributed by atoms with Gasteiger partial charge in [-0.1, -0.05) is 87.2 Å². The highest BCUT2D eigenvalue weighted by Crippen LogP contribution is 2.56. The lowest BCUT2D eigenvalue weighted by atomic mass is 10.2. The first-order valence-electron chi connectivity index (χ1n) is 8.58. The molecule has 4 heteroatoms. The maximum Gasteiger partial charge on any atom is 0.148 e. The van der Waals surface area contributed by atoms with Crippen LogP contribution in [0.5, 0.6) is 0 Å². The molecule has 0 heterocycles. The Bertz CT molecular complexity index is 649. The first kappa shape index (κ1) is 19.2. The van der Waals surface area contributed by atoms with E-state index in [1.54, 1.807) is 6.92 Å². The van der Waals surface area contributed by atoms with Gasteiger partial charge < -0.3 is 9.67 Å². The molecule has 0 fully saturated rings. The third kappa shape index (κ3) is 3.74. The van der Waals surface area contributed by atoms with E-state index in [1.807, 2.05) is 60.7 Å². The fourth-order valence-electron chi connectivity index (χ4n) is 3.34. The first-order valence-corrected chi connectivity index (χ1v) is 13.9. The van der Waals surface area contributed by atoms with Gasteiger partial charge in [0.2, 0.25) is 0 Å². The summed E-state index contributed by atoms with van der Waals surface area (Å²) in [4.78, 5) is 0. The number of aliphatic hydroxyl groups is 1. The summed E-state index contributed by atoms with van der Waals surface area (Å²) in [6, 6.07) is 19.4. The van der Waals surface area contributed by atoms with E-state index in [1.165, 1.54) is 0 Å². The zero-order chi connectivity index (χ0) is 18.0. The molecule has 0 aliphatic rings. The lowest BCUT2D eigenvalue weighted by Gasteiger charge is -2.40. The van der Waals surface area contributed by atoms with E-state index in [4.69, 9.17) is 0 Å². The molecule has 0 bridgehead atoms. The lowest BCUT2D eigenvalue weighted by Crippen LogP contribution is -2.43. The molecule has 0 aliphatic carbocycles. The second-order valence-corrected chi connectivity index (χ2v) is 16.3. The zero-order valence-corrected chi connectivity index (χ0v) is 17.2. The Morgan fingerprint density at radius 2 is 1.21 bits per heavy atom. The molecule has 0 unspecified atom stereocenters. The van der Waals surface area contributed by atoms with Crippen LogP contribution in [-0.2, 0) is 4.57 Å². The van der Waals surface area contributed by atoms with E-state index in [9.17, 15) is 9.67 Å². The van der Waals surface area contributed by atoms with Crippen molar-refractivity contribution in [3.05, 3.63) is 60.7 Å². The van der Waals surface area contributed by atoms with Crippen molar-refractivity contribution >= 4 is 25.8 Å². The minimum Gasteiger partial charge on any atom is -0.393 e. The largest absolute Gasteiger partial charge is 0.393 e. The van der Waals surface area contributed by atoms with Crippen LogP contribution in [0, 0.1) is 0 Å². The third-order valence-corrected chi connectivity index (χ3v) is 12.3. The van der Waals surface area contributed by atoms with Gasteiger partial charge in [0.05, 0.1) is 6.10 Å². The Labute approximate surface area is 147 Å². The average Bonchev–Trinajstić information content (AvgIpc) is 2.55. The molecule has 0 aliphatic heterocycles. The number of hydrogen-bond acceptors (Lipinski definition) is 2. The summed E-state index contributed by atoms with van der Waals surface area (Å²) >= 11 is 0. The Balaban J connectivity index is 2.72. The average molecular weight is 361 g/mol. The standard InChI is InChI=1S/C20H29O2PSi/c1-16(21)20(17(2)24(3,4)5)23(22,18-12-8-6-9-13-18)19-14-10-7-11-15-19/h6-17,20-21H,1-5H3/t16-,17-,20-/m0/s1. The number of aliphatic hydroxyl groups excluding tert-OH is 1. The van der Waals surface area contributed by atoms with Gasteiger partial charge in [-0.2, -0.15) is 0 Å². The fourth-order valence-corrected chi connectivity index (χ4v) is 10.1. The van der Waals surface area contributed by atoms with Gasteiger partial charge in [-0.05, 0) is 12.5 Å². The first-order chi connectivity index (χ1) is 11.2. The van der Waals surface area contributed by atoms with E-state index in [0.29, 0.717) is 0 Å². The highest BCUT2D eigenvalue weighted by atomic mass is 31.2. The maximum atomic E-state index is 14.5. The zero-order valence-electron chi connectivity index (χ0n) is 15.3. The summed E-state index contributed by atoms with van der Waals surface area (Å²) in [5, 5.41) is 12.3. The molecular formula is C20H29O2PSi. The molecule has 130 valence electrons. The Kier molecular flexibility index (Phi) is 5.90. The smallest absolute Gasteiger partial charge is 0.148 e. The molecule has 0 spiro atoms. The molecule has 2 aromatic rings. The summed E-state index contributed by atoms with van der Waals surface area (Å²) in [5.74, 6) is 0. The quantitative estimate of drug-likeness (QED) is 0.609. The normalized spacial score (nSPS) is 16.4. The van der Waals surface area contributed by atoms with Crippen LogP contribution in [0.3, 0.4) is 0 Å². The SMILES string of the molecule is C[C@H](O)[C@@H]([C@H](C)[Si](C)(C)C)P(=O)(c1ccccc1)c1ccccc1. The van der Waals surface area contributed by atoms with Crippen molar-refractivity contribution in [3.63, 3.8) is 0 Å². The van der Waals surface area contributed by atoms with Crippen LogP contribution in [0.15, 0.2) is 60.7 Å². The summed E-state index contributed by atoms with van der Waals surface area (Å²) < 4.78 is 14.5. The van der Waals surface area contributed by atoms with Crippen molar-refractivity contribution in [2.45, 2.75) is 50.8 Å². The molecule has 2 rings (SSSR count). The van der Waals surface area contributed by atoms with Gasteiger partial charge in [-0.3, -0.25) is 0 Å². The predicted molar refractivity (Wildman–Crippen MR) is 108 cm³/mol. The second kappa shape index (κ2) is 7.39.